The molecule has 2 aromatic rings. The number of nitrogen functional groups attached to an aromatic ring is 1. The second-order valence-corrected chi connectivity index (χ2v) is 18.0. The molecule has 0 aliphatic carbocycles. The van der Waals surface area contributed by atoms with Gasteiger partial charge in [-0.25, -0.2) is 28.6 Å². The number of phosphoric acid groups is 3. The summed E-state index contributed by atoms with van der Waals surface area (Å²) in [6.07, 6.45) is -8.11. The average molecular weight is 884 g/mol. The number of imidazole rings is 1. The Morgan fingerprint density at radius 2 is 1.73 bits per heavy atom. The monoisotopic (exact) mass is 883 g/mol. The number of anilines is 1. The van der Waals surface area contributed by atoms with E-state index in [0.717, 1.165) is 29.0 Å². The molecule has 0 aromatic carbocycles. The molecule has 318 valence electrons. The average Bonchev–Trinajstić information content (AvgIpc) is 3.64. The molecule has 8 atom stereocenters. The van der Waals surface area contributed by atoms with E-state index in [0.29, 0.717) is 0 Å². The lowest BCUT2D eigenvalue weighted by atomic mass is 9.87. The van der Waals surface area contributed by atoms with Crippen molar-refractivity contribution < 1.29 is 90.7 Å². The minimum atomic E-state index is -5.58. The second kappa shape index (κ2) is 20.4. The molecular weight excluding hydrogens is 839 g/mol. The van der Waals surface area contributed by atoms with Crippen LogP contribution in [0.5, 0.6) is 0 Å². The minimum Gasteiger partial charge on any atom is -0.396 e. The molecule has 3 unspecified atom stereocenters. The van der Waals surface area contributed by atoms with Gasteiger partial charge in [0.15, 0.2) is 22.8 Å². The number of fused-ring (bicyclic) bond motifs is 1. The molecule has 2 amide bonds. The SMILES string of the molecule is CC(C)(COP(=O)(O)OP(=O)(O)OC[C@H]1O[C@@H](n2cnc3c(N)ncnc32)[C@H](O)[C@@H]1OP(=O)(O)O)C(O)C(=O)NCCC(=O)NCCSC(=O)C[C@@H](O)CCO. The summed E-state index contributed by atoms with van der Waals surface area (Å²) in [6, 6.07) is 0. The Labute approximate surface area is 321 Å². The number of amides is 2. The van der Waals surface area contributed by atoms with Gasteiger partial charge >= 0.3 is 23.5 Å². The molecule has 1 aliphatic heterocycles. The highest BCUT2D eigenvalue weighted by Crippen LogP contribution is 2.61. The molecule has 26 nitrogen and oxygen atoms in total. The van der Waals surface area contributed by atoms with Crippen LogP contribution < -0.4 is 16.4 Å². The van der Waals surface area contributed by atoms with Crippen molar-refractivity contribution in [3.63, 3.8) is 0 Å². The van der Waals surface area contributed by atoms with Gasteiger partial charge in [-0.2, -0.15) is 4.31 Å². The van der Waals surface area contributed by atoms with Gasteiger partial charge in [0.05, 0.1) is 25.6 Å². The number of nitrogens with two attached hydrogens (primary N) is 1. The van der Waals surface area contributed by atoms with E-state index in [-0.39, 0.29) is 66.8 Å². The van der Waals surface area contributed by atoms with Gasteiger partial charge in [-0.3, -0.25) is 32.5 Å². The highest BCUT2D eigenvalue weighted by atomic mass is 32.2. The zero-order chi connectivity index (χ0) is 42.1. The van der Waals surface area contributed by atoms with Crippen LogP contribution in [0.2, 0.25) is 0 Å². The van der Waals surface area contributed by atoms with Crippen LogP contribution >= 0.6 is 35.2 Å². The van der Waals surface area contributed by atoms with Crippen molar-refractivity contribution in [2.45, 2.75) is 69.9 Å². The summed E-state index contributed by atoms with van der Waals surface area (Å²) in [5.41, 5.74) is 4.21. The summed E-state index contributed by atoms with van der Waals surface area (Å²) >= 11 is 0.883. The van der Waals surface area contributed by atoms with Crippen molar-refractivity contribution in [1.29, 1.82) is 0 Å². The van der Waals surface area contributed by atoms with Crippen molar-refractivity contribution in [2.24, 2.45) is 5.41 Å². The largest absolute Gasteiger partial charge is 0.481 e. The summed E-state index contributed by atoms with van der Waals surface area (Å²) in [6.45, 7) is -0.00483. The molecule has 0 spiro atoms. The number of phosphoric ester groups is 3. The van der Waals surface area contributed by atoms with Gasteiger partial charge in [0.2, 0.25) is 11.8 Å². The number of aromatic nitrogens is 4. The van der Waals surface area contributed by atoms with Crippen LogP contribution in [0.25, 0.3) is 11.2 Å². The predicted octanol–water partition coefficient (Wildman–Crippen LogP) is -2.20. The number of nitrogens with one attached hydrogen (secondary N) is 2. The Morgan fingerprint density at radius 3 is 2.39 bits per heavy atom. The summed E-state index contributed by atoms with van der Waals surface area (Å²) in [7, 11) is -16.4. The summed E-state index contributed by atoms with van der Waals surface area (Å²) in [5, 5.41) is 44.2. The number of carbonyl (C=O) groups is 3. The number of nitrogens with zero attached hydrogens (tertiary/aromatic N) is 4. The van der Waals surface area contributed by atoms with E-state index in [2.05, 4.69) is 34.4 Å². The lowest BCUT2D eigenvalue weighted by Gasteiger charge is -2.30. The predicted molar refractivity (Wildman–Crippen MR) is 189 cm³/mol. The number of hydrogen-bond acceptors (Lipinski definition) is 20. The summed E-state index contributed by atoms with van der Waals surface area (Å²) in [5.74, 6) is -1.36. The zero-order valence-electron chi connectivity index (χ0n) is 29.7. The van der Waals surface area contributed by atoms with E-state index in [1.54, 1.807) is 0 Å². The number of rotatable bonds is 23. The normalized spacial score (nSPS) is 22.2. The summed E-state index contributed by atoms with van der Waals surface area (Å²) in [4.78, 5) is 87.2. The van der Waals surface area contributed by atoms with Crippen molar-refractivity contribution in [2.75, 3.05) is 44.4 Å². The first-order valence-electron chi connectivity index (χ1n) is 16.3. The first-order valence-corrected chi connectivity index (χ1v) is 21.8. The highest BCUT2D eigenvalue weighted by Gasteiger charge is 2.50. The molecule has 1 saturated heterocycles. The fourth-order valence-electron chi connectivity index (χ4n) is 4.80. The van der Waals surface area contributed by atoms with Crippen LogP contribution in [0, 0.1) is 5.41 Å². The number of ether oxygens (including phenoxy) is 1. The Morgan fingerprint density at radius 1 is 1.05 bits per heavy atom. The van der Waals surface area contributed by atoms with Crippen LogP contribution in [-0.2, 0) is 50.7 Å². The first kappa shape index (κ1) is 47.9. The molecule has 12 N–H and O–H groups in total. The molecule has 3 heterocycles. The molecule has 30 heteroatoms. The Bertz CT molecular complexity index is 1820. The lowest BCUT2D eigenvalue weighted by molar-refractivity contribution is -0.137. The van der Waals surface area contributed by atoms with Gasteiger partial charge in [0, 0.05) is 43.7 Å². The molecule has 3 rings (SSSR count). The molecule has 2 aromatic heterocycles. The maximum absolute atomic E-state index is 12.7. The number of hydrogen-bond donors (Lipinski definition) is 11. The number of aliphatic hydroxyl groups excluding tert-OH is 4. The minimum absolute atomic E-state index is 0.0216. The van der Waals surface area contributed by atoms with E-state index in [1.807, 2.05) is 0 Å². The lowest BCUT2D eigenvalue weighted by Crippen LogP contribution is -2.46. The molecule has 1 fully saturated rings. The van der Waals surface area contributed by atoms with Gasteiger partial charge in [0.25, 0.3) is 0 Å². The fraction of sp³-hybridized carbons (Fsp3) is 0.692. The Balaban J connectivity index is 1.48. The van der Waals surface area contributed by atoms with E-state index in [1.165, 1.54) is 13.8 Å². The molecule has 0 bridgehead atoms. The third-order valence-electron chi connectivity index (χ3n) is 7.63. The number of carbonyl (C=O) groups excluding carboxylic acids is 3. The van der Waals surface area contributed by atoms with Gasteiger partial charge in [-0.1, -0.05) is 25.6 Å². The quantitative estimate of drug-likeness (QED) is 0.0416. The maximum atomic E-state index is 12.7. The van der Waals surface area contributed by atoms with Gasteiger partial charge in [-0.15, -0.1) is 0 Å². The van der Waals surface area contributed by atoms with Crippen molar-refractivity contribution in [1.82, 2.24) is 30.2 Å². The van der Waals surface area contributed by atoms with Gasteiger partial charge in [-0.05, 0) is 6.42 Å². The van der Waals surface area contributed by atoms with Crippen molar-refractivity contribution >= 4 is 69.1 Å². The van der Waals surface area contributed by atoms with Crippen LogP contribution in [0.4, 0.5) is 5.82 Å². The Kier molecular flexibility index (Phi) is 17.5. The number of thioether (sulfide) groups is 1. The second-order valence-electron chi connectivity index (χ2n) is 12.7. The third kappa shape index (κ3) is 14.7. The zero-order valence-corrected chi connectivity index (χ0v) is 33.2. The molecule has 0 saturated carbocycles. The van der Waals surface area contributed by atoms with E-state index in [4.69, 9.17) is 24.6 Å². The van der Waals surface area contributed by atoms with Crippen molar-refractivity contribution in [3.05, 3.63) is 12.7 Å². The topological polar surface area (TPSA) is 404 Å². The number of aliphatic hydroxyl groups is 4. The molecule has 56 heavy (non-hydrogen) atoms. The van der Waals surface area contributed by atoms with Crippen LogP contribution in [0.15, 0.2) is 12.7 Å². The molecule has 1 aliphatic rings. The Hall–Kier alpha value is -2.52. The third-order valence-corrected chi connectivity index (χ3v) is 11.6. The van der Waals surface area contributed by atoms with E-state index >= 15 is 0 Å². The smallest absolute Gasteiger partial charge is 0.396 e. The van der Waals surface area contributed by atoms with E-state index < -0.39 is 90.7 Å². The molecular formula is C26H44N7O19P3S. The highest BCUT2D eigenvalue weighted by molar-refractivity contribution is 8.13. The van der Waals surface area contributed by atoms with Gasteiger partial charge in [0.1, 0.15) is 36.3 Å². The van der Waals surface area contributed by atoms with Crippen LogP contribution in [-0.4, -0.2) is 146 Å². The van der Waals surface area contributed by atoms with Crippen LogP contribution in [0.1, 0.15) is 39.3 Å². The fourth-order valence-corrected chi connectivity index (χ4v) is 8.37. The van der Waals surface area contributed by atoms with Gasteiger partial charge < -0.3 is 61.1 Å². The molecule has 0 radical (unpaired) electrons. The van der Waals surface area contributed by atoms with Crippen LogP contribution in [0.3, 0.4) is 0 Å². The van der Waals surface area contributed by atoms with Crippen molar-refractivity contribution in [3.8, 4) is 0 Å². The summed E-state index contributed by atoms with van der Waals surface area (Å²) < 4.78 is 62.0. The standard InChI is InChI=1S/C26H44N7O19P3S/c1-26(2,21(39)24(40)29-5-3-16(36)28-6-8-56-17(37)9-14(35)4-7-34)11-49-55(46,47)52-54(44,45)48-10-15-20(51-53(41,42)43)19(38)25(50-15)33-13-32-18-22(27)30-12-31-23(18)33/h12-15,19-21,25,34-35,38-39H,3-11H2,1-2H3,(H,28,36)(H,29,40)(H,44,45)(H,46,47)(H2,27,30,31)(H2,41,42,43)/t14-,15+,19+,20+,21?,25+/m0/s1. The van der Waals surface area contributed by atoms with E-state index in [9.17, 15) is 63.0 Å². The first-order chi connectivity index (χ1) is 25.9. The maximum Gasteiger partial charge on any atom is 0.481 e.